The zero-order valence-corrected chi connectivity index (χ0v) is 11.8. The number of benzene rings is 1. The largest absolute Gasteiger partial charge is 0.481 e. The van der Waals surface area contributed by atoms with Gasteiger partial charge >= 0.3 is 0 Å². The van der Waals surface area contributed by atoms with Crippen LogP contribution in [0.3, 0.4) is 0 Å². The van der Waals surface area contributed by atoms with Crippen LogP contribution in [0.5, 0.6) is 5.88 Å². The van der Waals surface area contributed by atoms with Crippen molar-refractivity contribution >= 4 is 11.5 Å². The van der Waals surface area contributed by atoms with Gasteiger partial charge in [-0.15, -0.1) is 0 Å². The Balaban J connectivity index is 1.94. The van der Waals surface area contributed by atoms with Crippen LogP contribution in [-0.2, 0) is 13.0 Å². The van der Waals surface area contributed by atoms with Crippen molar-refractivity contribution in [3.63, 3.8) is 0 Å². The molecule has 104 valence electrons. The molecule has 2 aromatic rings. The lowest BCUT2D eigenvalue weighted by molar-refractivity contribution is 0.395. The second kappa shape index (κ2) is 5.00. The third-order valence-corrected chi connectivity index (χ3v) is 3.64. The Kier molecular flexibility index (Phi) is 3.18. The van der Waals surface area contributed by atoms with Crippen LogP contribution < -0.4 is 15.4 Å². The number of ether oxygens (including phenoxy) is 1. The Labute approximate surface area is 118 Å². The van der Waals surface area contributed by atoms with Gasteiger partial charge in [0.05, 0.1) is 7.11 Å². The number of nitrogen functional groups attached to an aromatic ring is 1. The predicted molar refractivity (Wildman–Crippen MR) is 78.9 cm³/mol. The highest BCUT2D eigenvalue weighted by molar-refractivity contribution is 5.56. The lowest BCUT2D eigenvalue weighted by Gasteiger charge is -2.30. The van der Waals surface area contributed by atoms with Crippen LogP contribution in [0.2, 0.25) is 0 Å². The maximum atomic E-state index is 6.08. The van der Waals surface area contributed by atoms with Gasteiger partial charge in [0.2, 0.25) is 5.88 Å². The Bertz CT molecular complexity index is 642. The molecule has 0 bridgehead atoms. The van der Waals surface area contributed by atoms with E-state index in [1.807, 2.05) is 25.1 Å². The average molecular weight is 270 g/mol. The molecule has 20 heavy (non-hydrogen) atoms. The van der Waals surface area contributed by atoms with Gasteiger partial charge in [0.15, 0.2) is 0 Å². The quantitative estimate of drug-likeness (QED) is 0.845. The van der Waals surface area contributed by atoms with Crippen molar-refractivity contribution in [2.45, 2.75) is 19.9 Å². The number of rotatable bonds is 2. The molecule has 5 heteroatoms. The summed E-state index contributed by atoms with van der Waals surface area (Å²) in [5.41, 5.74) is 9.47. The normalized spacial score (nSPS) is 14.0. The molecule has 1 aliphatic rings. The first-order valence-electron chi connectivity index (χ1n) is 6.68. The first-order valence-corrected chi connectivity index (χ1v) is 6.68. The molecular formula is C15H18N4O. The zero-order chi connectivity index (χ0) is 14.1. The highest BCUT2D eigenvalue weighted by Gasteiger charge is 2.20. The van der Waals surface area contributed by atoms with Gasteiger partial charge in [-0.2, -0.15) is 4.98 Å². The number of nitrogens with zero attached hydrogens (tertiary/aromatic N) is 3. The topological polar surface area (TPSA) is 64.3 Å². The van der Waals surface area contributed by atoms with Crippen molar-refractivity contribution < 1.29 is 4.74 Å². The molecule has 1 aromatic carbocycles. The van der Waals surface area contributed by atoms with E-state index in [9.17, 15) is 0 Å². The van der Waals surface area contributed by atoms with Crippen molar-refractivity contribution in [2.75, 3.05) is 24.3 Å². The summed E-state index contributed by atoms with van der Waals surface area (Å²) in [6, 6.07) is 7.99. The standard InChI is InChI=1S/C15H18N4O/c1-10-17-14(8-15(18-10)20-2)19-7-6-11-4-3-5-13(16)12(11)9-19/h3-5,8H,6-7,9,16H2,1-2H3. The van der Waals surface area contributed by atoms with E-state index in [1.165, 1.54) is 11.1 Å². The first-order chi connectivity index (χ1) is 9.67. The fourth-order valence-corrected chi connectivity index (χ4v) is 2.59. The van der Waals surface area contributed by atoms with Crippen LogP contribution in [0, 0.1) is 6.92 Å². The minimum Gasteiger partial charge on any atom is -0.481 e. The molecule has 0 saturated heterocycles. The molecule has 1 aromatic heterocycles. The van der Waals surface area contributed by atoms with E-state index in [-0.39, 0.29) is 0 Å². The Morgan fingerprint density at radius 3 is 2.95 bits per heavy atom. The summed E-state index contributed by atoms with van der Waals surface area (Å²) in [7, 11) is 1.62. The van der Waals surface area contributed by atoms with Gasteiger partial charge < -0.3 is 15.4 Å². The molecule has 0 spiro atoms. The van der Waals surface area contributed by atoms with E-state index in [1.54, 1.807) is 7.11 Å². The number of aromatic nitrogens is 2. The summed E-state index contributed by atoms with van der Waals surface area (Å²) in [6.07, 6.45) is 0.978. The molecule has 0 amide bonds. The van der Waals surface area contributed by atoms with Gasteiger partial charge in [-0.3, -0.25) is 0 Å². The van der Waals surface area contributed by atoms with Crippen molar-refractivity contribution in [2.24, 2.45) is 0 Å². The number of methoxy groups -OCH3 is 1. The highest BCUT2D eigenvalue weighted by Crippen LogP contribution is 2.28. The monoisotopic (exact) mass is 270 g/mol. The van der Waals surface area contributed by atoms with Crippen molar-refractivity contribution in [1.29, 1.82) is 0 Å². The summed E-state index contributed by atoms with van der Waals surface area (Å²) in [5, 5.41) is 0. The Morgan fingerprint density at radius 1 is 1.30 bits per heavy atom. The van der Waals surface area contributed by atoms with Crippen LogP contribution in [0.1, 0.15) is 17.0 Å². The van der Waals surface area contributed by atoms with Gasteiger partial charge in [0.1, 0.15) is 11.6 Å². The molecule has 0 radical (unpaired) electrons. The fraction of sp³-hybridized carbons (Fsp3) is 0.333. The SMILES string of the molecule is COc1cc(N2CCc3cccc(N)c3C2)nc(C)n1. The number of hydrogen-bond acceptors (Lipinski definition) is 5. The second-order valence-electron chi connectivity index (χ2n) is 4.97. The summed E-state index contributed by atoms with van der Waals surface area (Å²) in [5.74, 6) is 2.20. The van der Waals surface area contributed by atoms with Crippen LogP contribution in [0.15, 0.2) is 24.3 Å². The first kappa shape index (κ1) is 12.7. The highest BCUT2D eigenvalue weighted by atomic mass is 16.5. The van der Waals surface area contributed by atoms with Crippen molar-refractivity contribution in [3.8, 4) is 5.88 Å². The molecule has 0 atom stereocenters. The van der Waals surface area contributed by atoms with Crippen LogP contribution in [-0.4, -0.2) is 23.6 Å². The number of anilines is 2. The minimum absolute atomic E-state index is 0.597. The summed E-state index contributed by atoms with van der Waals surface area (Å²) >= 11 is 0. The average Bonchev–Trinajstić information content (AvgIpc) is 2.46. The number of fused-ring (bicyclic) bond motifs is 1. The van der Waals surface area contributed by atoms with Crippen LogP contribution >= 0.6 is 0 Å². The lowest BCUT2D eigenvalue weighted by atomic mass is 9.98. The van der Waals surface area contributed by atoms with E-state index < -0.39 is 0 Å². The number of hydrogen-bond donors (Lipinski definition) is 1. The molecular weight excluding hydrogens is 252 g/mol. The van der Waals surface area contributed by atoms with E-state index >= 15 is 0 Å². The molecule has 0 aliphatic carbocycles. The maximum absolute atomic E-state index is 6.08. The summed E-state index contributed by atoms with van der Waals surface area (Å²) in [6.45, 7) is 3.58. The Morgan fingerprint density at radius 2 is 2.15 bits per heavy atom. The number of nitrogens with two attached hydrogens (primary N) is 1. The van der Waals surface area contributed by atoms with Crippen LogP contribution in [0.25, 0.3) is 0 Å². The lowest BCUT2D eigenvalue weighted by Crippen LogP contribution is -2.31. The Hall–Kier alpha value is -2.30. The molecule has 5 nitrogen and oxygen atoms in total. The molecule has 0 saturated carbocycles. The van der Waals surface area contributed by atoms with Crippen LogP contribution in [0.4, 0.5) is 11.5 Å². The second-order valence-corrected chi connectivity index (χ2v) is 4.97. The summed E-state index contributed by atoms with van der Waals surface area (Å²) in [4.78, 5) is 10.9. The van der Waals surface area contributed by atoms with E-state index in [0.29, 0.717) is 11.7 Å². The van der Waals surface area contributed by atoms with E-state index in [0.717, 1.165) is 31.0 Å². The predicted octanol–water partition coefficient (Wildman–Crippen LogP) is 1.94. The molecule has 1 aliphatic heterocycles. The zero-order valence-electron chi connectivity index (χ0n) is 11.8. The number of aryl methyl sites for hydroxylation is 1. The van der Waals surface area contributed by atoms with Gasteiger partial charge in [-0.05, 0) is 30.5 Å². The molecule has 3 rings (SSSR count). The van der Waals surface area contributed by atoms with Crippen molar-refractivity contribution in [1.82, 2.24) is 9.97 Å². The van der Waals surface area contributed by atoms with Gasteiger partial charge in [-0.1, -0.05) is 12.1 Å². The van der Waals surface area contributed by atoms with Gasteiger partial charge in [0.25, 0.3) is 0 Å². The maximum Gasteiger partial charge on any atom is 0.218 e. The third-order valence-electron chi connectivity index (χ3n) is 3.64. The fourth-order valence-electron chi connectivity index (χ4n) is 2.59. The molecule has 2 N–H and O–H groups in total. The molecule has 0 fully saturated rings. The van der Waals surface area contributed by atoms with Crippen molar-refractivity contribution in [3.05, 3.63) is 41.2 Å². The molecule has 2 heterocycles. The third kappa shape index (κ3) is 2.27. The van der Waals surface area contributed by atoms with Gasteiger partial charge in [0, 0.05) is 24.8 Å². The molecule has 0 unspecified atom stereocenters. The smallest absolute Gasteiger partial charge is 0.218 e. The van der Waals surface area contributed by atoms with E-state index in [2.05, 4.69) is 20.9 Å². The van der Waals surface area contributed by atoms with Gasteiger partial charge in [-0.25, -0.2) is 4.98 Å². The van der Waals surface area contributed by atoms with E-state index in [4.69, 9.17) is 10.5 Å². The summed E-state index contributed by atoms with van der Waals surface area (Å²) < 4.78 is 5.22. The minimum atomic E-state index is 0.597.